The van der Waals surface area contributed by atoms with Crippen molar-refractivity contribution in [3.63, 3.8) is 0 Å². The van der Waals surface area contributed by atoms with Crippen molar-refractivity contribution in [2.45, 2.75) is 65.4 Å². The van der Waals surface area contributed by atoms with Gasteiger partial charge in [-0.1, -0.05) is 63.9 Å². The molecule has 0 unspecified atom stereocenters. The summed E-state index contributed by atoms with van der Waals surface area (Å²) in [6.07, 6.45) is 4.21. The molecule has 37 heavy (non-hydrogen) atoms. The van der Waals surface area contributed by atoms with Crippen molar-refractivity contribution < 1.29 is 23.8 Å². The van der Waals surface area contributed by atoms with Gasteiger partial charge in [-0.05, 0) is 82.7 Å². The van der Waals surface area contributed by atoms with E-state index in [2.05, 4.69) is 26.8 Å². The Kier molecular flexibility index (Phi) is 8.21. The number of carboxylic acid groups (broad SMARTS) is 1. The van der Waals surface area contributed by atoms with Crippen LogP contribution >= 0.6 is 0 Å². The molecular formula is C32H37FO4. The van der Waals surface area contributed by atoms with Crippen molar-refractivity contribution in [3.8, 4) is 22.6 Å². The van der Waals surface area contributed by atoms with E-state index >= 15 is 0 Å². The molecule has 1 atom stereocenters. The van der Waals surface area contributed by atoms with Crippen molar-refractivity contribution in [2.75, 3.05) is 7.11 Å². The highest BCUT2D eigenvalue weighted by atomic mass is 19.1. The summed E-state index contributed by atoms with van der Waals surface area (Å²) in [7, 11) is 1.58. The molecule has 0 bridgehead atoms. The molecule has 196 valence electrons. The first-order valence-electron chi connectivity index (χ1n) is 13.0. The van der Waals surface area contributed by atoms with Gasteiger partial charge in [0.2, 0.25) is 0 Å². The molecule has 1 aliphatic carbocycles. The summed E-state index contributed by atoms with van der Waals surface area (Å²) in [5.41, 5.74) is 4.47. The molecule has 0 aliphatic heterocycles. The number of aliphatic carboxylic acids is 1. The standard InChI is InChI=1S/C32H37FO4/c1-32(2,3)19-25-15-22(10-12-28(25)29-18-26(36-4)11-13-30(29)33)20-37-27-7-5-6-23(16-27)24(17-31(34)35)14-21-8-9-21/h5-7,10-13,15-16,18,21,24H,8-9,14,17,19-20H2,1-4H3,(H,34,35)/t24-/m1/s1. The molecule has 3 aromatic rings. The summed E-state index contributed by atoms with van der Waals surface area (Å²) in [4.78, 5) is 11.4. The minimum Gasteiger partial charge on any atom is -0.497 e. The first kappa shape index (κ1) is 26.7. The van der Waals surface area contributed by atoms with Gasteiger partial charge < -0.3 is 14.6 Å². The summed E-state index contributed by atoms with van der Waals surface area (Å²) in [6.45, 7) is 6.88. The maximum atomic E-state index is 14.8. The first-order chi connectivity index (χ1) is 17.6. The SMILES string of the molecule is COc1ccc(F)c(-c2ccc(COc3cccc([C@@H](CC(=O)O)CC4CC4)c3)cc2CC(C)(C)C)c1. The van der Waals surface area contributed by atoms with Crippen LogP contribution in [0.5, 0.6) is 11.5 Å². The Labute approximate surface area is 219 Å². The second-order valence-electron chi connectivity index (χ2n) is 11.4. The van der Waals surface area contributed by atoms with E-state index in [1.165, 1.54) is 18.9 Å². The number of benzene rings is 3. The van der Waals surface area contributed by atoms with Gasteiger partial charge in [0.1, 0.15) is 23.9 Å². The smallest absolute Gasteiger partial charge is 0.303 e. The van der Waals surface area contributed by atoms with E-state index in [0.717, 1.165) is 40.8 Å². The molecule has 0 amide bonds. The number of hydrogen-bond acceptors (Lipinski definition) is 3. The molecule has 1 N–H and O–H groups in total. The molecule has 0 heterocycles. The zero-order valence-corrected chi connectivity index (χ0v) is 22.2. The topological polar surface area (TPSA) is 55.8 Å². The van der Waals surface area contributed by atoms with Crippen LogP contribution in [0, 0.1) is 17.2 Å². The normalized spacial score (nSPS) is 14.3. The fourth-order valence-electron chi connectivity index (χ4n) is 4.88. The van der Waals surface area contributed by atoms with Crippen LogP contribution in [0.25, 0.3) is 11.1 Å². The number of carbonyl (C=O) groups is 1. The molecule has 0 aromatic heterocycles. The Hall–Kier alpha value is -3.34. The lowest BCUT2D eigenvalue weighted by molar-refractivity contribution is -0.137. The van der Waals surface area contributed by atoms with Crippen LogP contribution in [0.15, 0.2) is 60.7 Å². The van der Waals surface area contributed by atoms with E-state index in [4.69, 9.17) is 9.47 Å². The van der Waals surface area contributed by atoms with Crippen LogP contribution < -0.4 is 9.47 Å². The number of ether oxygens (including phenoxy) is 2. The van der Waals surface area contributed by atoms with E-state index in [1.54, 1.807) is 19.2 Å². The van der Waals surface area contributed by atoms with Crippen molar-refractivity contribution >= 4 is 5.97 Å². The van der Waals surface area contributed by atoms with Crippen molar-refractivity contribution in [1.29, 1.82) is 0 Å². The van der Waals surface area contributed by atoms with Crippen molar-refractivity contribution in [1.82, 2.24) is 0 Å². The van der Waals surface area contributed by atoms with E-state index in [1.807, 2.05) is 36.4 Å². The van der Waals surface area contributed by atoms with Crippen LogP contribution in [-0.2, 0) is 17.8 Å². The van der Waals surface area contributed by atoms with Crippen LogP contribution in [0.1, 0.15) is 69.1 Å². The summed E-state index contributed by atoms with van der Waals surface area (Å²) >= 11 is 0. The number of rotatable bonds is 11. The molecule has 1 saturated carbocycles. The second kappa shape index (κ2) is 11.4. The average molecular weight is 505 g/mol. The number of halogens is 1. The Bertz CT molecular complexity index is 1240. The average Bonchev–Trinajstić information content (AvgIpc) is 3.66. The van der Waals surface area contributed by atoms with Crippen LogP contribution in [0.4, 0.5) is 4.39 Å². The minimum atomic E-state index is -0.768. The van der Waals surface area contributed by atoms with Gasteiger partial charge in [0.25, 0.3) is 0 Å². The molecule has 1 fully saturated rings. The molecule has 0 radical (unpaired) electrons. The van der Waals surface area contributed by atoms with Gasteiger partial charge in [-0.2, -0.15) is 0 Å². The Morgan fingerprint density at radius 1 is 1.03 bits per heavy atom. The van der Waals surface area contributed by atoms with Gasteiger partial charge in [0.15, 0.2) is 0 Å². The minimum absolute atomic E-state index is 0.00369. The fourth-order valence-corrected chi connectivity index (χ4v) is 4.88. The van der Waals surface area contributed by atoms with Gasteiger partial charge >= 0.3 is 5.97 Å². The Morgan fingerprint density at radius 2 is 1.81 bits per heavy atom. The van der Waals surface area contributed by atoms with Crippen LogP contribution in [-0.4, -0.2) is 18.2 Å². The lowest BCUT2D eigenvalue weighted by Crippen LogP contribution is -2.11. The zero-order valence-electron chi connectivity index (χ0n) is 22.2. The molecule has 0 saturated heterocycles. The number of carboxylic acids is 1. The predicted molar refractivity (Wildman–Crippen MR) is 145 cm³/mol. The van der Waals surface area contributed by atoms with E-state index in [0.29, 0.717) is 23.8 Å². The molecule has 5 heteroatoms. The Morgan fingerprint density at radius 3 is 2.49 bits per heavy atom. The van der Waals surface area contributed by atoms with Crippen LogP contribution in [0.3, 0.4) is 0 Å². The molecule has 4 rings (SSSR count). The van der Waals surface area contributed by atoms with E-state index < -0.39 is 5.97 Å². The van der Waals surface area contributed by atoms with Gasteiger partial charge in [-0.3, -0.25) is 4.79 Å². The van der Waals surface area contributed by atoms with Crippen molar-refractivity contribution in [2.24, 2.45) is 11.3 Å². The monoisotopic (exact) mass is 504 g/mol. The summed E-state index contributed by atoms with van der Waals surface area (Å²) in [5.74, 6) is 0.944. The summed E-state index contributed by atoms with van der Waals surface area (Å²) < 4.78 is 26.3. The maximum Gasteiger partial charge on any atom is 0.303 e. The molecule has 3 aromatic carbocycles. The highest BCUT2D eigenvalue weighted by Gasteiger charge is 2.28. The lowest BCUT2D eigenvalue weighted by atomic mass is 9.84. The largest absolute Gasteiger partial charge is 0.497 e. The molecule has 0 spiro atoms. The van der Waals surface area contributed by atoms with E-state index in [-0.39, 0.29) is 23.6 Å². The second-order valence-corrected chi connectivity index (χ2v) is 11.4. The third kappa shape index (κ3) is 7.58. The van der Waals surface area contributed by atoms with E-state index in [9.17, 15) is 14.3 Å². The van der Waals surface area contributed by atoms with Gasteiger partial charge in [-0.15, -0.1) is 0 Å². The maximum absolute atomic E-state index is 14.8. The fraction of sp³-hybridized carbons (Fsp3) is 0.406. The van der Waals surface area contributed by atoms with Gasteiger partial charge in [0, 0.05) is 5.56 Å². The van der Waals surface area contributed by atoms with Gasteiger partial charge in [-0.25, -0.2) is 4.39 Å². The third-order valence-electron chi connectivity index (χ3n) is 6.82. The van der Waals surface area contributed by atoms with Crippen molar-refractivity contribution in [3.05, 3.63) is 83.2 Å². The first-order valence-corrected chi connectivity index (χ1v) is 13.0. The number of methoxy groups -OCH3 is 1. The lowest BCUT2D eigenvalue weighted by Gasteiger charge is -2.22. The highest BCUT2D eigenvalue weighted by molar-refractivity contribution is 5.70. The summed E-state index contributed by atoms with van der Waals surface area (Å²) in [5, 5.41) is 9.40. The highest BCUT2D eigenvalue weighted by Crippen LogP contribution is 2.40. The summed E-state index contributed by atoms with van der Waals surface area (Å²) in [6, 6.07) is 18.7. The zero-order chi connectivity index (χ0) is 26.6. The number of hydrogen-bond donors (Lipinski definition) is 1. The Balaban J connectivity index is 1.56. The van der Waals surface area contributed by atoms with Crippen LogP contribution in [0.2, 0.25) is 0 Å². The predicted octanol–water partition coefficient (Wildman–Crippen LogP) is 8.03. The molecular weight excluding hydrogens is 467 g/mol. The molecule has 1 aliphatic rings. The third-order valence-corrected chi connectivity index (χ3v) is 6.82. The molecule has 4 nitrogen and oxygen atoms in total. The quantitative estimate of drug-likeness (QED) is 0.287. The van der Waals surface area contributed by atoms with Gasteiger partial charge in [0.05, 0.1) is 13.5 Å².